The number of imidazole rings is 1. The zero-order valence-electron chi connectivity index (χ0n) is 19.3. The maximum absolute atomic E-state index is 13.0. The molecule has 34 heavy (non-hydrogen) atoms. The molecule has 0 saturated carbocycles. The third-order valence-electron chi connectivity index (χ3n) is 6.44. The lowest BCUT2D eigenvalue weighted by Gasteiger charge is -2.19. The van der Waals surface area contributed by atoms with Crippen molar-refractivity contribution >= 4 is 34.2 Å². The van der Waals surface area contributed by atoms with Gasteiger partial charge < -0.3 is 14.2 Å². The highest BCUT2D eigenvalue weighted by atomic mass is 35.5. The highest BCUT2D eigenvalue weighted by Crippen LogP contribution is 2.34. The smallest absolute Gasteiger partial charge is 0.227 e. The minimum absolute atomic E-state index is 0.0739. The largest absolute Gasteiger partial charge is 0.494 e. The Bertz CT molecular complexity index is 1300. The number of halogens is 1. The zero-order valence-corrected chi connectivity index (χ0v) is 20.0. The number of carbonyl (C=O) groups is 1. The molecule has 2 heterocycles. The number of unbranched alkanes of at least 4 members (excludes halogenated alkanes) is 1. The first-order chi connectivity index (χ1) is 16.6. The van der Waals surface area contributed by atoms with E-state index in [9.17, 15) is 4.79 Å². The van der Waals surface area contributed by atoms with Crippen molar-refractivity contribution in [1.82, 2.24) is 9.55 Å². The molecule has 4 aromatic rings. The van der Waals surface area contributed by atoms with Crippen molar-refractivity contribution in [2.24, 2.45) is 0 Å². The molecule has 0 bridgehead atoms. The Labute approximate surface area is 204 Å². The van der Waals surface area contributed by atoms with Crippen molar-refractivity contribution in [1.29, 1.82) is 0 Å². The van der Waals surface area contributed by atoms with Crippen LogP contribution in [-0.2, 0) is 11.3 Å². The number of nitrogens with zero attached hydrogens (tertiary/aromatic N) is 3. The first-order valence-corrected chi connectivity index (χ1v) is 12.2. The number of para-hydroxylation sites is 3. The van der Waals surface area contributed by atoms with E-state index >= 15 is 0 Å². The van der Waals surface area contributed by atoms with Crippen LogP contribution in [0.2, 0.25) is 5.02 Å². The van der Waals surface area contributed by atoms with Gasteiger partial charge in [0, 0.05) is 36.1 Å². The molecule has 0 unspecified atom stereocenters. The van der Waals surface area contributed by atoms with Gasteiger partial charge in [-0.15, -0.1) is 0 Å². The second kappa shape index (κ2) is 9.90. The summed E-state index contributed by atoms with van der Waals surface area (Å²) in [7, 11) is 0. The van der Waals surface area contributed by atoms with E-state index in [0.717, 1.165) is 53.2 Å². The fraction of sp³-hybridized carbons (Fsp3) is 0.286. The number of amides is 1. The number of rotatable bonds is 8. The Morgan fingerprint density at radius 1 is 1.00 bits per heavy atom. The SMILES string of the molecule is Cc1ccccc1N1C[C@H](c2nc3ccccc3n2CCCCOc2ccc(Cl)cc2)CC1=O. The first kappa shape index (κ1) is 22.5. The highest BCUT2D eigenvalue weighted by molar-refractivity contribution is 6.30. The number of benzene rings is 3. The number of carbonyl (C=O) groups excluding carboxylic acids is 1. The Hall–Kier alpha value is -3.31. The molecular weight excluding hydrogens is 446 g/mol. The molecule has 6 heteroatoms. The molecule has 0 spiro atoms. The Balaban J connectivity index is 1.30. The van der Waals surface area contributed by atoms with Gasteiger partial charge in [0.05, 0.1) is 17.6 Å². The molecule has 1 atom stereocenters. The van der Waals surface area contributed by atoms with Gasteiger partial charge in [0.1, 0.15) is 11.6 Å². The predicted octanol–water partition coefficient (Wildman–Crippen LogP) is 6.38. The maximum Gasteiger partial charge on any atom is 0.227 e. The van der Waals surface area contributed by atoms with Gasteiger partial charge in [0.25, 0.3) is 0 Å². The monoisotopic (exact) mass is 473 g/mol. The average Bonchev–Trinajstić information content (AvgIpc) is 3.41. The van der Waals surface area contributed by atoms with Gasteiger partial charge in [-0.05, 0) is 67.8 Å². The van der Waals surface area contributed by atoms with E-state index in [1.54, 1.807) is 0 Å². The fourth-order valence-corrected chi connectivity index (χ4v) is 4.84. The summed E-state index contributed by atoms with van der Waals surface area (Å²) in [5.74, 6) is 2.07. The highest BCUT2D eigenvalue weighted by Gasteiger charge is 2.35. The normalized spacial score (nSPS) is 15.9. The van der Waals surface area contributed by atoms with Gasteiger partial charge in [-0.25, -0.2) is 4.98 Å². The van der Waals surface area contributed by atoms with E-state index in [4.69, 9.17) is 21.3 Å². The molecular formula is C28H28ClN3O2. The number of fused-ring (bicyclic) bond motifs is 1. The lowest BCUT2D eigenvalue weighted by molar-refractivity contribution is -0.117. The number of hydrogen-bond acceptors (Lipinski definition) is 3. The van der Waals surface area contributed by atoms with Gasteiger partial charge in [-0.1, -0.05) is 41.9 Å². The van der Waals surface area contributed by atoms with Crippen molar-refractivity contribution in [2.75, 3.05) is 18.1 Å². The van der Waals surface area contributed by atoms with Crippen LogP contribution in [0.15, 0.2) is 72.8 Å². The van der Waals surface area contributed by atoms with Gasteiger partial charge in [0.15, 0.2) is 0 Å². The summed E-state index contributed by atoms with van der Waals surface area (Å²) in [6, 6.07) is 23.8. The zero-order chi connectivity index (χ0) is 23.5. The third kappa shape index (κ3) is 4.66. The molecule has 3 aromatic carbocycles. The van der Waals surface area contributed by atoms with Crippen molar-refractivity contribution in [3.63, 3.8) is 0 Å². The quantitative estimate of drug-likeness (QED) is 0.279. The minimum atomic E-state index is 0.0739. The first-order valence-electron chi connectivity index (χ1n) is 11.8. The van der Waals surface area contributed by atoms with E-state index in [1.165, 1.54) is 0 Å². The lowest BCUT2D eigenvalue weighted by atomic mass is 10.1. The van der Waals surface area contributed by atoms with E-state index < -0.39 is 0 Å². The molecule has 1 aromatic heterocycles. The van der Waals surface area contributed by atoms with Gasteiger partial charge in [-0.2, -0.15) is 0 Å². The molecule has 5 rings (SSSR count). The van der Waals surface area contributed by atoms with Crippen LogP contribution in [0.4, 0.5) is 5.69 Å². The predicted molar refractivity (Wildman–Crippen MR) is 137 cm³/mol. The summed E-state index contributed by atoms with van der Waals surface area (Å²) in [6.45, 7) is 4.20. The Morgan fingerprint density at radius 3 is 2.59 bits per heavy atom. The van der Waals surface area contributed by atoms with Gasteiger partial charge >= 0.3 is 0 Å². The number of anilines is 1. The van der Waals surface area contributed by atoms with E-state index in [2.05, 4.69) is 29.7 Å². The molecule has 1 saturated heterocycles. The number of ether oxygens (including phenoxy) is 1. The maximum atomic E-state index is 13.0. The van der Waals surface area contributed by atoms with Crippen molar-refractivity contribution in [3.8, 4) is 5.75 Å². The van der Waals surface area contributed by atoms with Gasteiger partial charge in [-0.3, -0.25) is 4.79 Å². The van der Waals surface area contributed by atoms with Crippen LogP contribution >= 0.6 is 11.6 Å². The number of aryl methyl sites for hydroxylation is 2. The summed E-state index contributed by atoms with van der Waals surface area (Å²) >= 11 is 5.94. The van der Waals surface area contributed by atoms with E-state index in [-0.39, 0.29) is 11.8 Å². The second-order valence-electron chi connectivity index (χ2n) is 8.81. The second-order valence-corrected chi connectivity index (χ2v) is 9.25. The summed E-state index contributed by atoms with van der Waals surface area (Å²) in [5, 5.41) is 0.707. The fourth-order valence-electron chi connectivity index (χ4n) is 4.71. The molecule has 0 N–H and O–H groups in total. The Morgan fingerprint density at radius 2 is 1.76 bits per heavy atom. The molecule has 1 aliphatic rings. The van der Waals surface area contributed by atoms with E-state index in [0.29, 0.717) is 24.6 Å². The number of aromatic nitrogens is 2. The Kier molecular flexibility index (Phi) is 6.54. The minimum Gasteiger partial charge on any atom is -0.494 e. The third-order valence-corrected chi connectivity index (χ3v) is 6.69. The van der Waals surface area contributed by atoms with Crippen LogP contribution in [0, 0.1) is 6.92 Å². The lowest BCUT2D eigenvalue weighted by Crippen LogP contribution is -2.25. The van der Waals surface area contributed by atoms with Crippen LogP contribution in [0.1, 0.15) is 36.6 Å². The molecule has 174 valence electrons. The topological polar surface area (TPSA) is 47.4 Å². The molecule has 0 radical (unpaired) electrons. The van der Waals surface area contributed by atoms with Gasteiger partial charge in [0.2, 0.25) is 5.91 Å². The van der Waals surface area contributed by atoms with Crippen LogP contribution < -0.4 is 9.64 Å². The van der Waals surface area contributed by atoms with Crippen LogP contribution in [0.3, 0.4) is 0 Å². The number of hydrogen-bond donors (Lipinski definition) is 0. The van der Waals surface area contributed by atoms with E-state index in [1.807, 2.05) is 59.5 Å². The van der Waals surface area contributed by atoms with Crippen molar-refractivity contribution in [2.45, 2.75) is 38.6 Å². The summed E-state index contributed by atoms with van der Waals surface area (Å²) in [6.07, 6.45) is 2.37. The summed E-state index contributed by atoms with van der Waals surface area (Å²) in [4.78, 5) is 19.9. The van der Waals surface area contributed by atoms with Crippen LogP contribution in [0.5, 0.6) is 5.75 Å². The molecule has 1 aliphatic heterocycles. The van der Waals surface area contributed by atoms with Crippen LogP contribution in [-0.4, -0.2) is 28.6 Å². The van der Waals surface area contributed by atoms with Crippen LogP contribution in [0.25, 0.3) is 11.0 Å². The standard InChI is InChI=1S/C28H28ClN3O2/c1-20-8-2-4-10-25(20)32-19-21(18-27(32)33)28-30-24-9-3-5-11-26(24)31(28)16-6-7-17-34-23-14-12-22(29)13-15-23/h2-5,8-15,21H,6-7,16-19H2,1H3/t21-/m1/s1. The molecule has 5 nitrogen and oxygen atoms in total. The summed E-state index contributed by atoms with van der Waals surface area (Å²) in [5.41, 5.74) is 4.22. The summed E-state index contributed by atoms with van der Waals surface area (Å²) < 4.78 is 8.15. The van der Waals surface area contributed by atoms with Crippen molar-refractivity contribution in [3.05, 3.63) is 89.2 Å². The molecule has 1 amide bonds. The molecule has 0 aliphatic carbocycles. The molecule has 1 fully saturated rings. The average molecular weight is 474 g/mol. The van der Waals surface area contributed by atoms with Crippen molar-refractivity contribution < 1.29 is 9.53 Å².